The zero-order valence-electron chi connectivity index (χ0n) is 16.9. The average molecular weight is 474 g/mol. The van der Waals surface area contributed by atoms with E-state index in [1.54, 1.807) is 11.3 Å². The molecular formula is C24H28BrNO2S. The van der Waals surface area contributed by atoms with Crippen molar-refractivity contribution in [3.05, 3.63) is 65.2 Å². The number of hydrogen-bond acceptors (Lipinski definition) is 3. The SMILES string of the molecule is CCCCCCCOC(=O)C[n+]1c(/C=C/c2ccccc2)sc2ccccc21.[Br-]. The number of carbonyl (C=O) groups is 1. The Labute approximate surface area is 187 Å². The molecule has 0 fully saturated rings. The van der Waals surface area contributed by atoms with Crippen LogP contribution in [-0.4, -0.2) is 12.6 Å². The van der Waals surface area contributed by atoms with Crippen LogP contribution in [0.1, 0.15) is 49.6 Å². The van der Waals surface area contributed by atoms with Crippen LogP contribution in [-0.2, 0) is 16.1 Å². The third-order valence-corrected chi connectivity index (χ3v) is 5.78. The van der Waals surface area contributed by atoms with E-state index in [0.29, 0.717) is 6.61 Å². The van der Waals surface area contributed by atoms with Gasteiger partial charge in [-0.3, -0.25) is 0 Å². The third kappa shape index (κ3) is 7.09. The third-order valence-electron chi connectivity index (χ3n) is 4.65. The van der Waals surface area contributed by atoms with Crippen molar-refractivity contribution in [2.24, 2.45) is 0 Å². The molecule has 0 amide bonds. The van der Waals surface area contributed by atoms with Gasteiger partial charge in [-0.25, -0.2) is 4.79 Å². The van der Waals surface area contributed by atoms with Gasteiger partial charge < -0.3 is 21.7 Å². The fourth-order valence-corrected chi connectivity index (χ4v) is 4.20. The second-order valence-corrected chi connectivity index (χ2v) is 7.94. The Morgan fingerprint density at radius 1 is 0.966 bits per heavy atom. The summed E-state index contributed by atoms with van der Waals surface area (Å²) < 4.78 is 8.71. The van der Waals surface area contributed by atoms with Gasteiger partial charge in [0.05, 0.1) is 6.61 Å². The van der Waals surface area contributed by atoms with Gasteiger partial charge >= 0.3 is 5.97 Å². The van der Waals surface area contributed by atoms with E-state index in [-0.39, 0.29) is 29.5 Å². The fraction of sp³-hybridized carbons (Fsp3) is 0.333. The van der Waals surface area contributed by atoms with Gasteiger partial charge in [0.1, 0.15) is 4.70 Å². The lowest BCUT2D eigenvalue weighted by Crippen LogP contribution is -3.00. The standard InChI is InChI=1S/C24H28NO2S.BrH/c1-2-3-4-5-11-18-27-24(26)19-25-21-14-9-10-15-22(21)28-23(25)17-16-20-12-7-6-8-13-20;/h6-10,12-17H,2-5,11,18-19H2,1H3;1H/q+1;/p-1/b17-16+;. The Bertz CT molecular complexity index is 921. The molecule has 0 bridgehead atoms. The van der Waals surface area contributed by atoms with Crippen molar-refractivity contribution in [3.63, 3.8) is 0 Å². The molecule has 3 nitrogen and oxygen atoms in total. The summed E-state index contributed by atoms with van der Waals surface area (Å²) in [6, 6.07) is 18.4. The van der Waals surface area contributed by atoms with Crippen molar-refractivity contribution < 1.29 is 31.1 Å². The number of rotatable bonds is 10. The number of aromatic nitrogens is 1. The quantitative estimate of drug-likeness (QED) is 0.257. The second kappa shape index (κ2) is 12.6. The van der Waals surface area contributed by atoms with Crippen molar-refractivity contribution in [1.29, 1.82) is 0 Å². The van der Waals surface area contributed by atoms with Crippen LogP contribution in [0.4, 0.5) is 0 Å². The minimum absolute atomic E-state index is 0. The molecular weight excluding hydrogens is 446 g/mol. The van der Waals surface area contributed by atoms with Crippen molar-refractivity contribution in [2.45, 2.75) is 45.6 Å². The van der Waals surface area contributed by atoms with Gasteiger partial charge in [0, 0.05) is 12.1 Å². The van der Waals surface area contributed by atoms with Crippen molar-refractivity contribution in [2.75, 3.05) is 6.61 Å². The zero-order valence-corrected chi connectivity index (χ0v) is 19.3. The molecule has 3 aromatic rings. The second-order valence-electron chi connectivity index (χ2n) is 6.87. The van der Waals surface area contributed by atoms with E-state index in [1.165, 1.54) is 24.0 Å². The maximum absolute atomic E-state index is 12.4. The van der Waals surface area contributed by atoms with Gasteiger partial charge in [-0.05, 0) is 24.1 Å². The molecule has 0 radical (unpaired) electrons. The first-order valence-corrected chi connectivity index (χ1v) is 10.9. The molecule has 1 aromatic heterocycles. The number of para-hydroxylation sites is 1. The van der Waals surface area contributed by atoms with E-state index in [0.717, 1.165) is 28.9 Å². The first kappa shape index (κ1) is 23.3. The highest BCUT2D eigenvalue weighted by Gasteiger charge is 2.22. The largest absolute Gasteiger partial charge is 1.00 e. The van der Waals surface area contributed by atoms with E-state index in [4.69, 9.17) is 4.74 Å². The van der Waals surface area contributed by atoms with Gasteiger partial charge in [0.15, 0.2) is 0 Å². The lowest BCUT2D eigenvalue weighted by Gasteiger charge is -2.03. The first-order chi connectivity index (χ1) is 13.8. The monoisotopic (exact) mass is 473 g/mol. The molecule has 2 aromatic carbocycles. The van der Waals surface area contributed by atoms with Crippen molar-refractivity contribution >= 4 is 39.7 Å². The fourth-order valence-electron chi connectivity index (χ4n) is 3.14. The van der Waals surface area contributed by atoms with Gasteiger partial charge in [0.2, 0.25) is 12.1 Å². The lowest BCUT2D eigenvalue weighted by molar-refractivity contribution is -0.657. The maximum atomic E-state index is 12.4. The van der Waals surface area contributed by atoms with E-state index < -0.39 is 0 Å². The summed E-state index contributed by atoms with van der Waals surface area (Å²) in [5.74, 6) is -0.168. The number of esters is 1. The summed E-state index contributed by atoms with van der Waals surface area (Å²) in [7, 11) is 0. The Morgan fingerprint density at radius 3 is 2.48 bits per heavy atom. The summed E-state index contributed by atoms with van der Waals surface area (Å²) in [5.41, 5.74) is 2.21. The summed E-state index contributed by atoms with van der Waals surface area (Å²) in [6.07, 6.45) is 9.93. The van der Waals surface area contributed by atoms with Gasteiger partial charge in [-0.15, -0.1) is 0 Å². The molecule has 0 aliphatic heterocycles. The number of fused-ring (bicyclic) bond motifs is 1. The van der Waals surface area contributed by atoms with Crippen LogP contribution < -0.4 is 21.5 Å². The van der Waals surface area contributed by atoms with Gasteiger partial charge in [-0.1, -0.05) is 86.4 Å². The smallest absolute Gasteiger partial charge is 0.372 e. The van der Waals surface area contributed by atoms with Crippen LogP contribution >= 0.6 is 11.3 Å². The molecule has 3 rings (SSSR count). The number of nitrogens with zero attached hydrogens (tertiary/aromatic N) is 1. The molecule has 5 heteroatoms. The Balaban J connectivity index is 0.00000300. The number of benzene rings is 2. The lowest BCUT2D eigenvalue weighted by atomic mass is 10.2. The number of unbranched alkanes of at least 4 members (excludes halogenated alkanes) is 4. The molecule has 0 spiro atoms. The van der Waals surface area contributed by atoms with Crippen LogP contribution in [0.2, 0.25) is 0 Å². The van der Waals surface area contributed by atoms with Crippen LogP contribution in [0.25, 0.3) is 22.4 Å². The zero-order chi connectivity index (χ0) is 19.6. The first-order valence-electron chi connectivity index (χ1n) is 10.1. The number of carbonyl (C=O) groups excluding carboxylic acids is 1. The molecule has 0 saturated heterocycles. The van der Waals surface area contributed by atoms with Gasteiger partial charge in [-0.2, -0.15) is 4.57 Å². The maximum Gasteiger partial charge on any atom is 0.372 e. The van der Waals surface area contributed by atoms with E-state index in [9.17, 15) is 4.79 Å². The predicted octanol–water partition coefficient (Wildman–Crippen LogP) is 2.88. The molecule has 0 saturated carbocycles. The number of thiazole rings is 1. The molecule has 0 aliphatic carbocycles. The molecule has 1 heterocycles. The average Bonchev–Trinajstić information content (AvgIpc) is 3.07. The van der Waals surface area contributed by atoms with Crippen molar-refractivity contribution in [3.8, 4) is 0 Å². The Hall–Kier alpha value is -1.98. The van der Waals surface area contributed by atoms with Crippen LogP contribution in [0, 0.1) is 0 Å². The number of ether oxygens (including phenoxy) is 1. The van der Waals surface area contributed by atoms with Crippen LogP contribution in [0.15, 0.2) is 54.6 Å². The molecule has 0 aliphatic rings. The molecule has 0 atom stereocenters. The summed E-state index contributed by atoms with van der Waals surface area (Å²) >= 11 is 1.69. The van der Waals surface area contributed by atoms with E-state index in [2.05, 4.69) is 47.9 Å². The molecule has 0 N–H and O–H groups in total. The van der Waals surface area contributed by atoms with Crippen LogP contribution in [0.5, 0.6) is 0 Å². The highest BCUT2D eigenvalue weighted by molar-refractivity contribution is 7.18. The topological polar surface area (TPSA) is 30.2 Å². The molecule has 0 unspecified atom stereocenters. The normalized spacial score (nSPS) is 10.9. The summed E-state index contributed by atoms with van der Waals surface area (Å²) in [6.45, 7) is 2.96. The molecule has 29 heavy (non-hydrogen) atoms. The minimum atomic E-state index is -0.168. The summed E-state index contributed by atoms with van der Waals surface area (Å²) in [5, 5.41) is 1.05. The Morgan fingerprint density at radius 2 is 1.69 bits per heavy atom. The minimum Gasteiger partial charge on any atom is -1.00 e. The predicted molar refractivity (Wildman–Crippen MR) is 117 cm³/mol. The number of halogens is 1. The number of hydrogen-bond donors (Lipinski definition) is 0. The van der Waals surface area contributed by atoms with E-state index in [1.807, 2.05) is 30.3 Å². The van der Waals surface area contributed by atoms with Gasteiger partial charge in [0.25, 0.3) is 5.01 Å². The van der Waals surface area contributed by atoms with Crippen molar-refractivity contribution in [1.82, 2.24) is 0 Å². The van der Waals surface area contributed by atoms with Crippen LogP contribution in [0.3, 0.4) is 0 Å². The Kier molecular flexibility index (Phi) is 10.1. The highest BCUT2D eigenvalue weighted by atomic mass is 79.9. The summed E-state index contributed by atoms with van der Waals surface area (Å²) in [4.78, 5) is 12.4. The highest BCUT2D eigenvalue weighted by Crippen LogP contribution is 2.22. The van der Waals surface area contributed by atoms with E-state index >= 15 is 0 Å². The molecule has 154 valence electrons.